The molecular formula is C18H22F2N4O. The second-order valence-electron chi connectivity index (χ2n) is 6.99. The van der Waals surface area contributed by atoms with Crippen molar-refractivity contribution < 1.29 is 13.5 Å². The zero-order chi connectivity index (χ0) is 17.7. The molecule has 2 aliphatic heterocycles. The van der Waals surface area contributed by atoms with Crippen LogP contribution in [0.25, 0.3) is 0 Å². The van der Waals surface area contributed by atoms with Gasteiger partial charge in [-0.3, -0.25) is 4.90 Å². The summed E-state index contributed by atoms with van der Waals surface area (Å²) in [6, 6.07) is 3.18. The van der Waals surface area contributed by atoms with Crippen molar-refractivity contribution >= 4 is 0 Å². The summed E-state index contributed by atoms with van der Waals surface area (Å²) in [7, 11) is 2.02. The quantitative estimate of drug-likeness (QED) is 0.904. The lowest BCUT2D eigenvalue weighted by molar-refractivity contribution is -0.0535. The number of imidazole rings is 1. The van der Waals surface area contributed by atoms with Crippen LogP contribution in [0.1, 0.15) is 35.3 Å². The molecule has 4 rings (SSSR count). The number of hydrogen-bond donors (Lipinski definition) is 1. The Kier molecular flexibility index (Phi) is 4.10. The SMILES string of the molecule is Cc1nc2c(n1C)CN([C@H]1CO[C@H](c3cc(F)ccc3F)[C@@H](N)C1)C2. The molecule has 0 saturated carbocycles. The topological polar surface area (TPSA) is 56.3 Å². The fraction of sp³-hybridized carbons (Fsp3) is 0.500. The lowest BCUT2D eigenvalue weighted by Crippen LogP contribution is -2.47. The van der Waals surface area contributed by atoms with Gasteiger partial charge in [-0.1, -0.05) is 0 Å². The highest BCUT2D eigenvalue weighted by atomic mass is 19.1. The number of rotatable bonds is 2. The molecule has 3 atom stereocenters. The van der Waals surface area contributed by atoms with E-state index in [-0.39, 0.29) is 17.6 Å². The van der Waals surface area contributed by atoms with Gasteiger partial charge >= 0.3 is 0 Å². The van der Waals surface area contributed by atoms with E-state index in [0.717, 1.165) is 36.7 Å². The van der Waals surface area contributed by atoms with Crippen LogP contribution in [-0.4, -0.2) is 33.1 Å². The normalized spacial score (nSPS) is 26.8. The second-order valence-corrected chi connectivity index (χ2v) is 6.99. The molecule has 0 bridgehead atoms. The van der Waals surface area contributed by atoms with Gasteiger partial charge in [0.1, 0.15) is 23.6 Å². The molecule has 0 radical (unpaired) electrons. The van der Waals surface area contributed by atoms with E-state index in [1.165, 1.54) is 11.8 Å². The number of benzene rings is 1. The van der Waals surface area contributed by atoms with Crippen molar-refractivity contribution in [2.75, 3.05) is 6.61 Å². The van der Waals surface area contributed by atoms with Gasteiger partial charge in [0, 0.05) is 37.8 Å². The highest BCUT2D eigenvalue weighted by Crippen LogP contribution is 2.34. The molecule has 5 nitrogen and oxygen atoms in total. The molecule has 0 spiro atoms. The fourth-order valence-corrected chi connectivity index (χ4v) is 3.90. The Hall–Kier alpha value is -1.83. The highest BCUT2D eigenvalue weighted by molar-refractivity contribution is 5.24. The average Bonchev–Trinajstić information content (AvgIpc) is 3.10. The van der Waals surface area contributed by atoms with Crippen LogP contribution in [0.5, 0.6) is 0 Å². The van der Waals surface area contributed by atoms with E-state index < -0.39 is 17.7 Å². The molecule has 134 valence electrons. The minimum Gasteiger partial charge on any atom is -0.370 e. The number of hydrogen-bond acceptors (Lipinski definition) is 4. The summed E-state index contributed by atoms with van der Waals surface area (Å²) in [6.45, 7) is 4.03. The first-order valence-electron chi connectivity index (χ1n) is 8.51. The molecule has 2 N–H and O–H groups in total. The molecule has 2 aliphatic rings. The molecule has 1 aromatic carbocycles. The summed E-state index contributed by atoms with van der Waals surface area (Å²) in [4.78, 5) is 6.90. The lowest BCUT2D eigenvalue weighted by atomic mass is 9.93. The van der Waals surface area contributed by atoms with Crippen LogP contribution in [-0.2, 0) is 24.9 Å². The van der Waals surface area contributed by atoms with Crippen molar-refractivity contribution in [3.05, 3.63) is 52.6 Å². The first kappa shape index (κ1) is 16.6. The zero-order valence-electron chi connectivity index (χ0n) is 14.4. The maximum Gasteiger partial charge on any atom is 0.129 e. The van der Waals surface area contributed by atoms with Gasteiger partial charge in [0.05, 0.1) is 18.0 Å². The smallest absolute Gasteiger partial charge is 0.129 e. The number of fused-ring (bicyclic) bond motifs is 1. The molecule has 1 saturated heterocycles. The Bertz CT molecular complexity index is 807. The van der Waals surface area contributed by atoms with Gasteiger partial charge in [0.25, 0.3) is 0 Å². The van der Waals surface area contributed by atoms with Crippen molar-refractivity contribution in [1.82, 2.24) is 14.5 Å². The molecule has 1 aromatic heterocycles. The maximum absolute atomic E-state index is 14.0. The average molecular weight is 348 g/mol. The number of halogens is 2. The first-order valence-corrected chi connectivity index (χ1v) is 8.51. The van der Waals surface area contributed by atoms with Gasteiger partial charge in [-0.15, -0.1) is 0 Å². The Morgan fingerprint density at radius 1 is 1.28 bits per heavy atom. The minimum atomic E-state index is -0.614. The Labute approximate surface area is 145 Å². The van der Waals surface area contributed by atoms with E-state index in [1.807, 2.05) is 14.0 Å². The van der Waals surface area contributed by atoms with Gasteiger partial charge in [0.2, 0.25) is 0 Å². The number of aromatic nitrogens is 2. The summed E-state index contributed by atoms with van der Waals surface area (Å²) in [5.74, 6) is 0.0576. The second kappa shape index (κ2) is 6.16. The lowest BCUT2D eigenvalue weighted by Gasteiger charge is -2.38. The van der Waals surface area contributed by atoms with Crippen LogP contribution in [0.2, 0.25) is 0 Å². The summed E-state index contributed by atoms with van der Waals surface area (Å²) >= 11 is 0. The highest BCUT2D eigenvalue weighted by Gasteiger charge is 2.37. The van der Waals surface area contributed by atoms with E-state index >= 15 is 0 Å². The molecular weight excluding hydrogens is 326 g/mol. The van der Waals surface area contributed by atoms with Gasteiger partial charge in [0.15, 0.2) is 0 Å². The van der Waals surface area contributed by atoms with Crippen molar-refractivity contribution in [2.24, 2.45) is 12.8 Å². The van der Waals surface area contributed by atoms with E-state index in [4.69, 9.17) is 10.5 Å². The number of ether oxygens (including phenoxy) is 1. The van der Waals surface area contributed by atoms with Crippen LogP contribution < -0.4 is 5.73 Å². The standard InChI is InChI=1S/C18H22F2N4O/c1-10-22-16-7-24(8-17(16)23(10)2)12-6-15(21)18(25-9-12)13-5-11(19)3-4-14(13)20/h3-5,12,15,18H,6-9,21H2,1-2H3/t12-,15+,18-/m1/s1. The summed E-state index contributed by atoms with van der Waals surface area (Å²) < 4.78 is 35.5. The third-order valence-corrected chi connectivity index (χ3v) is 5.41. The fourth-order valence-electron chi connectivity index (χ4n) is 3.90. The molecule has 0 amide bonds. The third-order valence-electron chi connectivity index (χ3n) is 5.41. The van der Waals surface area contributed by atoms with Crippen molar-refractivity contribution in [2.45, 2.75) is 44.6 Å². The molecule has 1 fully saturated rings. The van der Waals surface area contributed by atoms with Gasteiger partial charge < -0.3 is 15.0 Å². The maximum atomic E-state index is 14.0. The van der Waals surface area contributed by atoms with E-state index in [1.54, 1.807) is 0 Å². The van der Waals surface area contributed by atoms with Crippen LogP contribution >= 0.6 is 0 Å². The van der Waals surface area contributed by atoms with E-state index in [0.29, 0.717) is 13.0 Å². The van der Waals surface area contributed by atoms with Crippen LogP contribution in [0.4, 0.5) is 8.78 Å². The number of nitrogens with zero attached hydrogens (tertiary/aromatic N) is 3. The number of aryl methyl sites for hydroxylation is 1. The Morgan fingerprint density at radius 2 is 2.08 bits per heavy atom. The molecule has 3 heterocycles. The minimum absolute atomic E-state index is 0.150. The largest absolute Gasteiger partial charge is 0.370 e. The van der Waals surface area contributed by atoms with Crippen molar-refractivity contribution in [3.8, 4) is 0 Å². The molecule has 0 aliphatic carbocycles. The van der Waals surface area contributed by atoms with Crippen LogP contribution in [0.3, 0.4) is 0 Å². The molecule has 0 unspecified atom stereocenters. The molecule has 25 heavy (non-hydrogen) atoms. The van der Waals surface area contributed by atoms with Crippen LogP contribution in [0.15, 0.2) is 18.2 Å². The summed E-state index contributed by atoms with van der Waals surface area (Å²) in [5, 5.41) is 0. The van der Waals surface area contributed by atoms with E-state index in [2.05, 4.69) is 14.5 Å². The predicted octanol–water partition coefficient (Wildman–Crippen LogP) is 2.18. The zero-order valence-corrected chi connectivity index (χ0v) is 14.4. The first-order chi connectivity index (χ1) is 11.9. The van der Waals surface area contributed by atoms with E-state index in [9.17, 15) is 8.78 Å². The van der Waals surface area contributed by atoms with Crippen molar-refractivity contribution in [3.63, 3.8) is 0 Å². The molecule has 7 heteroatoms. The Morgan fingerprint density at radius 3 is 2.80 bits per heavy atom. The predicted molar refractivity (Wildman–Crippen MR) is 88.6 cm³/mol. The van der Waals surface area contributed by atoms with Crippen LogP contribution in [0, 0.1) is 18.6 Å². The monoisotopic (exact) mass is 348 g/mol. The van der Waals surface area contributed by atoms with Crippen molar-refractivity contribution in [1.29, 1.82) is 0 Å². The Balaban J connectivity index is 1.46. The summed E-state index contributed by atoms with van der Waals surface area (Å²) in [6.07, 6.45) is 0.0606. The van der Waals surface area contributed by atoms with Gasteiger partial charge in [-0.05, 0) is 31.5 Å². The third kappa shape index (κ3) is 2.86. The van der Waals surface area contributed by atoms with Gasteiger partial charge in [-0.2, -0.15) is 0 Å². The van der Waals surface area contributed by atoms with Gasteiger partial charge in [-0.25, -0.2) is 13.8 Å². The molecule has 2 aromatic rings. The number of nitrogens with two attached hydrogens (primary N) is 1. The summed E-state index contributed by atoms with van der Waals surface area (Å²) in [5.41, 5.74) is 8.79.